The Morgan fingerprint density at radius 1 is 1.04 bits per heavy atom. The predicted molar refractivity (Wildman–Crippen MR) is 114 cm³/mol. The van der Waals surface area contributed by atoms with Gasteiger partial charge in [0.25, 0.3) is 0 Å². The number of rotatable bonds is 3. The van der Waals surface area contributed by atoms with Crippen molar-refractivity contribution in [2.24, 2.45) is 5.92 Å². The standard InChI is InChI=1S/C25H26N2O/c1-18-6-5-9-23-22(18)15-24-25(28)21(17-27(23)24)14-19-10-12-26(13-11-19)16-20-7-3-2-4-8-20/h2-9,14-15,19H,10-13,16-17H2,1H3. The van der Waals surface area contributed by atoms with Gasteiger partial charge in [-0.25, -0.2) is 0 Å². The van der Waals surface area contributed by atoms with Crippen LogP contribution < -0.4 is 0 Å². The molecule has 0 unspecified atom stereocenters. The van der Waals surface area contributed by atoms with E-state index in [4.69, 9.17) is 0 Å². The van der Waals surface area contributed by atoms with Gasteiger partial charge in [0.2, 0.25) is 5.78 Å². The molecule has 0 atom stereocenters. The number of likely N-dealkylation sites (tertiary alicyclic amines) is 1. The van der Waals surface area contributed by atoms with Crippen molar-refractivity contribution in [3.05, 3.63) is 83.1 Å². The number of ketones is 1. The van der Waals surface area contributed by atoms with Gasteiger partial charge < -0.3 is 4.57 Å². The molecule has 2 aliphatic rings. The first-order valence-electron chi connectivity index (χ1n) is 10.3. The smallest absolute Gasteiger partial charge is 0.206 e. The third-order valence-electron chi connectivity index (χ3n) is 6.33. The van der Waals surface area contributed by atoms with Crippen LogP contribution in [0.5, 0.6) is 0 Å². The molecule has 1 aromatic heterocycles. The Kier molecular flexibility index (Phi) is 4.40. The minimum Gasteiger partial charge on any atom is -0.333 e. The van der Waals surface area contributed by atoms with Gasteiger partial charge in [0.15, 0.2) is 0 Å². The maximum absolute atomic E-state index is 13.0. The number of piperidine rings is 1. The molecule has 0 N–H and O–H groups in total. The molecule has 0 saturated carbocycles. The highest BCUT2D eigenvalue weighted by atomic mass is 16.1. The van der Waals surface area contributed by atoms with E-state index in [9.17, 15) is 4.79 Å². The zero-order valence-electron chi connectivity index (χ0n) is 16.4. The zero-order chi connectivity index (χ0) is 19.1. The summed E-state index contributed by atoms with van der Waals surface area (Å²) < 4.78 is 2.20. The second-order valence-corrected chi connectivity index (χ2v) is 8.24. The minimum atomic E-state index is 0.224. The Hall–Kier alpha value is -2.65. The second-order valence-electron chi connectivity index (χ2n) is 8.24. The van der Waals surface area contributed by atoms with Crippen molar-refractivity contribution in [1.29, 1.82) is 0 Å². The van der Waals surface area contributed by atoms with Crippen LogP contribution in [-0.4, -0.2) is 28.3 Å². The van der Waals surface area contributed by atoms with Gasteiger partial charge in [-0.15, -0.1) is 0 Å². The maximum Gasteiger partial charge on any atom is 0.206 e. The predicted octanol–water partition coefficient (Wildman–Crippen LogP) is 4.98. The maximum atomic E-state index is 13.0. The third kappa shape index (κ3) is 3.10. The van der Waals surface area contributed by atoms with E-state index in [0.717, 1.165) is 50.3 Å². The Morgan fingerprint density at radius 2 is 1.82 bits per heavy atom. The molecule has 0 spiro atoms. The number of allylic oxidation sites excluding steroid dienone is 2. The summed E-state index contributed by atoms with van der Waals surface area (Å²) >= 11 is 0. The fourth-order valence-electron chi connectivity index (χ4n) is 4.73. The lowest BCUT2D eigenvalue weighted by Crippen LogP contribution is -2.32. The lowest BCUT2D eigenvalue weighted by Gasteiger charge is -2.30. The Balaban J connectivity index is 1.27. The number of carbonyl (C=O) groups excluding carboxylic acids is 1. The molecular formula is C25H26N2O. The van der Waals surface area contributed by atoms with Gasteiger partial charge in [0, 0.05) is 23.0 Å². The first-order valence-corrected chi connectivity index (χ1v) is 10.3. The lowest BCUT2D eigenvalue weighted by molar-refractivity contribution is 0.103. The summed E-state index contributed by atoms with van der Waals surface area (Å²) in [6.45, 7) is 6.08. The molecule has 3 aromatic rings. The normalized spacial score (nSPS) is 19.6. The van der Waals surface area contributed by atoms with Crippen molar-refractivity contribution < 1.29 is 4.79 Å². The quantitative estimate of drug-likeness (QED) is 0.607. The van der Waals surface area contributed by atoms with Gasteiger partial charge in [-0.2, -0.15) is 0 Å². The average molecular weight is 370 g/mol. The van der Waals surface area contributed by atoms with Crippen LogP contribution in [0.3, 0.4) is 0 Å². The van der Waals surface area contributed by atoms with Crippen LogP contribution >= 0.6 is 0 Å². The molecule has 0 bridgehead atoms. The molecule has 142 valence electrons. The van der Waals surface area contributed by atoms with Crippen molar-refractivity contribution in [1.82, 2.24) is 9.47 Å². The fourth-order valence-corrected chi connectivity index (χ4v) is 4.73. The van der Waals surface area contributed by atoms with Gasteiger partial charge >= 0.3 is 0 Å². The van der Waals surface area contributed by atoms with Crippen molar-refractivity contribution in [2.45, 2.75) is 32.9 Å². The highest BCUT2D eigenvalue weighted by Crippen LogP contribution is 2.32. The van der Waals surface area contributed by atoms with E-state index < -0.39 is 0 Å². The largest absolute Gasteiger partial charge is 0.333 e. The fraction of sp³-hybridized carbons (Fsp3) is 0.320. The van der Waals surface area contributed by atoms with Crippen LogP contribution in [0.1, 0.15) is 34.5 Å². The van der Waals surface area contributed by atoms with Crippen LogP contribution in [0.25, 0.3) is 10.9 Å². The minimum absolute atomic E-state index is 0.224. The van der Waals surface area contributed by atoms with Gasteiger partial charge in [0.05, 0.1) is 12.2 Å². The summed E-state index contributed by atoms with van der Waals surface area (Å²) in [6.07, 6.45) is 4.55. The van der Waals surface area contributed by atoms with Crippen molar-refractivity contribution >= 4 is 16.7 Å². The summed E-state index contributed by atoms with van der Waals surface area (Å²) in [5.41, 5.74) is 5.65. The first-order chi connectivity index (χ1) is 13.7. The SMILES string of the molecule is Cc1cccc2c1cc1n2CC(=CC2CCN(Cc3ccccc3)CC2)C1=O. The van der Waals surface area contributed by atoms with Gasteiger partial charge in [-0.05, 0) is 62.0 Å². The van der Waals surface area contributed by atoms with E-state index in [2.05, 4.69) is 77.1 Å². The summed E-state index contributed by atoms with van der Waals surface area (Å²) in [5.74, 6) is 0.742. The van der Waals surface area contributed by atoms with Gasteiger partial charge in [-0.3, -0.25) is 9.69 Å². The summed E-state index contributed by atoms with van der Waals surface area (Å²) in [6, 6.07) is 19.1. The van der Waals surface area contributed by atoms with E-state index in [1.54, 1.807) is 0 Å². The molecule has 28 heavy (non-hydrogen) atoms. The molecule has 1 saturated heterocycles. The van der Waals surface area contributed by atoms with Crippen molar-refractivity contribution in [3.63, 3.8) is 0 Å². The molecule has 0 amide bonds. The monoisotopic (exact) mass is 370 g/mol. The topological polar surface area (TPSA) is 25.2 Å². The second kappa shape index (κ2) is 7.06. The summed E-state index contributed by atoms with van der Waals surface area (Å²) in [4.78, 5) is 15.5. The number of nitrogens with zero attached hydrogens (tertiary/aromatic N) is 2. The third-order valence-corrected chi connectivity index (χ3v) is 6.33. The summed E-state index contributed by atoms with van der Waals surface area (Å²) in [7, 11) is 0. The van der Waals surface area contributed by atoms with E-state index in [-0.39, 0.29) is 5.78 Å². The molecule has 3 heterocycles. The number of benzene rings is 2. The van der Waals surface area contributed by atoms with E-state index >= 15 is 0 Å². The molecule has 2 aliphatic heterocycles. The molecule has 3 heteroatoms. The van der Waals surface area contributed by atoms with Crippen LogP contribution in [0.2, 0.25) is 0 Å². The van der Waals surface area contributed by atoms with E-state index in [0.29, 0.717) is 5.92 Å². The lowest BCUT2D eigenvalue weighted by atomic mass is 9.93. The number of aryl methyl sites for hydroxylation is 1. The molecule has 2 aromatic carbocycles. The Labute approximate surface area is 166 Å². The van der Waals surface area contributed by atoms with Crippen LogP contribution in [-0.2, 0) is 13.1 Å². The molecule has 3 nitrogen and oxygen atoms in total. The number of aromatic nitrogens is 1. The van der Waals surface area contributed by atoms with Gasteiger partial charge in [-0.1, -0.05) is 48.5 Å². The zero-order valence-corrected chi connectivity index (χ0v) is 16.4. The highest BCUT2D eigenvalue weighted by Gasteiger charge is 2.28. The molecule has 1 fully saturated rings. The molecular weight excluding hydrogens is 344 g/mol. The van der Waals surface area contributed by atoms with Crippen LogP contribution in [0.15, 0.2) is 66.2 Å². The number of hydrogen-bond acceptors (Lipinski definition) is 2. The number of hydrogen-bond donors (Lipinski definition) is 0. The molecule has 0 aliphatic carbocycles. The van der Waals surface area contributed by atoms with E-state index in [1.165, 1.54) is 22.0 Å². The average Bonchev–Trinajstić information content (AvgIpc) is 3.23. The van der Waals surface area contributed by atoms with E-state index in [1.807, 2.05) is 0 Å². The van der Waals surface area contributed by atoms with Crippen molar-refractivity contribution in [2.75, 3.05) is 13.1 Å². The summed E-state index contributed by atoms with van der Waals surface area (Å²) in [5, 5.41) is 1.21. The first kappa shape index (κ1) is 17.4. The van der Waals surface area contributed by atoms with Crippen molar-refractivity contribution in [3.8, 4) is 0 Å². The number of Topliss-reactive ketones (excluding diaryl/α,β-unsaturated/α-hetero) is 1. The van der Waals surface area contributed by atoms with Gasteiger partial charge in [0.1, 0.15) is 0 Å². The molecule has 5 rings (SSSR count). The number of fused-ring (bicyclic) bond motifs is 3. The Bertz CT molecular complexity index is 1050. The van der Waals surface area contributed by atoms with Crippen LogP contribution in [0, 0.1) is 12.8 Å². The molecule has 0 radical (unpaired) electrons. The number of carbonyl (C=O) groups is 1. The Morgan fingerprint density at radius 3 is 2.61 bits per heavy atom. The highest BCUT2D eigenvalue weighted by molar-refractivity contribution is 6.13. The van der Waals surface area contributed by atoms with Crippen LogP contribution in [0.4, 0.5) is 0 Å².